The van der Waals surface area contributed by atoms with Crippen molar-refractivity contribution in [2.75, 3.05) is 0 Å². The number of hydrogen-bond donors (Lipinski definition) is 0. The quantitative estimate of drug-likeness (QED) is 0.731. The van der Waals surface area contributed by atoms with Crippen LogP contribution in [0, 0.1) is 6.92 Å². The number of hydrogen-bond acceptors (Lipinski definition) is 2. The number of aromatic nitrogens is 2. The molecule has 0 aromatic carbocycles. The van der Waals surface area contributed by atoms with E-state index < -0.39 is 0 Å². The lowest BCUT2D eigenvalue weighted by molar-refractivity contribution is 0.0588. The molecule has 18 heavy (non-hydrogen) atoms. The summed E-state index contributed by atoms with van der Waals surface area (Å²) in [5.74, 6) is 0.120. The molecule has 3 heterocycles. The zero-order valence-corrected chi connectivity index (χ0v) is 11.5. The fourth-order valence-electron chi connectivity index (χ4n) is 3.39. The lowest BCUT2D eigenvalue weighted by atomic mass is 10.0. The second kappa shape index (κ2) is 4.26. The van der Waals surface area contributed by atoms with E-state index in [1.54, 1.807) is 4.68 Å². The number of amides is 1. The number of carbonyl (C=O) groups is 1. The Kier molecular flexibility index (Phi) is 2.85. The van der Waals surface area contributed by atoms with Crippen molar-refractivity contribution in [3.8, 4) is 0 Å². The molecule has 2 unspecified atom stereocenters. The largest absolute Gasteiger partial charge is 0.331 e. The van der Waals surface area contributed by atoms with Gasteiger partial charge in [-0.2, -0.15) is 5.10 Å². The van der Waals surface area contributed by atoms with E-state index in [0.29, 0.717) is 17.8 Å². The third kappa shape index (κ3) is 1.83. The summed E-state index contributed by atoms with van der Waals surface area (Å²) in [7, 11) is 1.83. The van der Waals surface area contributed by atoms with Crippen LogP contribution in [0.4, 0.5) is 0 Å². The van der Waals surface area contributed by atoms with Gasteiger partial charge in [0.05, 0.1) is 5.69 Å². The van der Waals surface area contributed by atoms with Crippen LogP contribution in [0.3, 0.4) is 0 Å². The van der Waals surface area contributed by atoms with Gasteiger partial charge in [0.15, 0.2) is 0 Å². The predicted molar refractivity (Wildman–Crippen MR) is 69.8 cm³/mol. The third-order valence-corrected chi connectivity index (χ3v) is 4.49. The monoisotopic (exact) mass is 267 g/mol. The summed E-state index contributed by atoms with van der Waals surface area (Å²) in [6.45, 7) is 1.91. The van der Waals surface area contributed by atoms with Gasteiger partial charge in [0.1, 0.15) is 5.69 Å². The summed E-state index contributed by atoms with van der Waals surface area (Å²) in [5, 5.41) is 4.49. The predicted octanol–water partition coefficient (Wildman–Crippen LogP) is 2.10. The van der Waals surface area contributed by atoms with Crippen LogP contribution in [0.5, 0.6) is 0 Å². The molecule has 5 heteroatoms. The second-order valence-corrected chi connectivity index (χ2v) is 6.08. The molecular formula is C13H18ClN3O. The fourth-order valence-corrected chi connectivity index (χ4v) is 3.80. The zero-order valence-electron chi connectivity index (χ0n) is 10.8. The third-order valence-electron chi connectivity index (χ3n) is 4.13. The molecule has 2 atom stereocenters. The Morgan fingerprint density at radius 3 is 2.50 bits per heavy atom. The SMILES string of the molecule is Cc1cc(C(=O)N2C3CCC2CC(Cl)C3)n(C)n1. The van der Waals surface area contributed by atoms with Crippen LogP contribution in [0.2, 0.25) is 0 Å². The average molecular weight is 268 g/mol. The summed E-state index contributed by atoms with van der Waals surface area (Å²) in [5.41, 5.74) is 1.58. The highest BCUT2D eigenvalue weighted by molar-refractivity contribution is 6.20. The molecule has 0 aliphatic carbocycles. The molecule has 2 bridgehead atoms. The van der Waals surface area contributed by atoms with Crippen LogP contribution in [0.15, 0.2) is 6.07 Å². The van der Waals surface area contributed by atoms with E-state index in [-0.39, 0.29) is 11.3 Å². The summed E-state index contributed by atoms with van der Waals surface area (Å²) < 4.78 is 1.68. The normalized spacial score (nSPS) is 30.8. The van der Waals surface area contributed by atoms with Crippen LogP contribution in [-0.4, -0.2) is 38.0 Å². The smallest absolute Gasteiger partial charge is 0.272 e. The van der Waals surface area contributed by atoms with Crippen LogP contribution >= 0.6 is 11.6 Å². The molecule has 1 amide bonds. The Labute approximate surface area is 112 Å². The van der Waals surface area contributed by atoms with Crippen molar-refractivity contribution in [2.45, 2.75) is 50.1 Å². The van der Waals surface area contributed by atoms with Crippen LogP contribution in [-0.2, 0) is 7.05 Å². The first-order valence-corrected chi connectivity index (χ1v) is 6.97. The molecule has 4 nitrogen and oxygen atoms in total. The maximum absolute atomic E-state index is 12.6. The Morgan fingerprint density at radius 1 is 1.39 bits per heavy atom. The number of alkyl halides is 1. The van der Waals surface area contributed by atoms with E-state index >= 15 is 0 Å². The first kappa shape index (κ1) is 12.0. The Morgan fingerprint density at radius 2 is 2.00 bits per heavy atom. The first-order valence-electron chi connectivity index (χ1n) is 6.53. The van der Waals surface area contributed by atoms with Gasteiger partial charge in [-0.25, -0.2) is 0 Å². The van der Waals surface area contributed by atoms with Crippen LogP contribution in [0.25, 0.3) is 0 Å². The molecule has 2 saturated heterocycles. The van der Waals surface area contributed by atoms with E-state index in [0.717, 1.165) is 31.4 Å². The number of rotatable bonds is 1. The van der Waals surface area contributed by atoms with Crippen LogP contribution < -0.4 is 0 Å². The molecule has 3 rings (SSSR count). The van der Waals surface area contributed by atoms with Crippen molar-refractivity contribution in [2.24, 2.45) is 7.05 Å². The van der Waals surface area contributed by atoms with E-state index in [2.05, 4.69) is 10.00 Å². The van der Waals surface area contributed by atoms with Gasteiger partial charge < -0.3 is 4.90 Å². The number of carbonyl (C=O) groups excluding carboxylic acids is 1. The molecule has 2 fully saturated rings. The molecule has 0 N–H and O–H groups in total. The van der Waals surface area contributed by atoms with Crippen molar-refractivity contribution < 1.29 is 4.79 Å². The molecule has 0 spiro atoms. The van der Waals surface area contributed by atoms with Gasteiger partial charge in [-0.1, -0.05) is 0 Å². The summed E-state index contributed by atoms with van der Waals surface area (Å²) in [6.07, 6.45) is 4.05. The molecule has 2 aliphatic heterocycles. The highest BCUT2D eigenvalue weighted by Gasteiger charge is 2.43. The molecule has 98 valence electrons. The number of aryl methyl sites for hydroxylation is 2. The van der Waals surface area contributed by atoms with E-state index in [1.807, 2.05) is 20.0 Å². The highest BCUT2D eigenvalue weighted by Crippen LogP contribution is 2.38. The number of piperidine rings is 1. The summed E-state index contributed by atoms with van der Waals surface area (Å²) in [6, 6.07) is 2.53. The van der Waals surface area contributed by atoms with Gasteiger partial charge in [-0.15, -0.1) is 11.6 Å². The maximum atomic E-state index is 12.6. The number of nitrogens with zero attached hydrogens (tertiary/aromatic N) is 3. The van der Waals surface area contributed by atoms with E-state index in [1.165, 1.54) is 0 Å². The fraction of sp³-hybridized carbons (Fsp3) is 0.692. The minimum Gasteiger partial charge on any atom is -0.331 e. The van der Waals surface area contributed by atoms with E-state index in [4.69, 9.17) is 11.6 Å². The van der Waals surface area contributed by atoms with Crippen molar-refractivity contribution in [1.29, 1.82) is 0 Å². The Hall–Kier alpha value is -1.03. The van der Waals surface area contributed by atoms with Crippen molar-refractivity contribution in [3.05, 3.63) is 17.5 Å². The number of fused-ring (bicyclic) bond motifs is 2. The van der Waals surface area contributed by atoms with Gasteiger partial charge in [0, 0.05) is 24.5 Å². The van der Waals surface area contributed by atoms with Gasteiger partial charge in [-0.3, -0.25) is 9.48 Å². The molecule has 1 aromatic rings. The standard InChI is InChI=1S/C13H18ClN3O/c1-8-5-12(16(2)15-8)13(18)17-10-3-4-11(17)7-9(14)6-10/h5,9-11H,3-4,6-7H2,1-2H3. The van der Waals surface area contributed by atoms with Crippen LogP contribution in [0.1, 0.15) is 41.9 Å². The molecule has 0 radical (unpaired) electrons. The van der Waals surface area contributed by atoms with Gasteiger partial charge in [0.25, 0.3) is 5.91 Å². The average Bonchev–Trinajstić information content (AvgIpc) is 2.76. The highest BCUT2D eigenvalue weighted by atomic mass is 35.5. The lowest BCUT2D eigenvalue weighted by Crippen LogP contribution is -2.47. The maximum Gasteiger partial charge on any atom is 0.272 e. The minimum absolute atomic E-state index is 0.120. The Balaban J connectivity index is 1.88. The van der Waals surface area contributed by atoms with Gasteiger partial charge >= 0.3 is 0 Å². The zero-order chi connectivity index (χ0) is 12.9. The topological polar surface area (TPSA) is 38.1 Å². The van der Waals surface area contributed by atoms with Crippen molar-refractivity contribution in [3.63, 3.8) is 0 Å². The van der Waals surface area contributed by atoms with Crippen molar-refractivity contribution >= 4 is 17.5 Å². The molecular weight excluding hydrogens is 250 g/mol. The molecule has 1 aromatic heterocycles. The molecule has 2 aliphatic rings. The number of halogens is 1. The first-order chi connectivity index (χ1) is 8.56. The van der Waals surface area contributed by atoms with Gasteiger partial charge in [0.2, 0.25) is 0 Å². The van der Waals surface area contributed by atoms with E-state index in [9.17, 15) is 4.79 Å². The Bertz CT molecular complexity index is 471. The second-order valence-electron chi connectivity index (χ2n) is 5.46. The molecule has 0 saturated carbocycles. The van der Waals surface area contributed by atoms with Gasteiger partial charge in [-0.05, 0) is 38.7 Å². The summed E-state index contributed by atoms with van der Waals surface area (Å²) >= 11 is 6.24. The van der Waals surface area contributed by atoms with Crippen molar-refractivity contribution in [1.82, 2.24) is 14.7 Å². The lowest BCUT2D eigenvalue weighted by Gasteiger charge is -2.36. The summed E-state index contributed by atoms with van der Waals surface area (Å²) in [4.78, 5) is 14.7. The minimum atomic E-state index is 0.120.